The number of aliphatic imine (C=N–C) groups is 1. The lowest BCUT2D eigenvalue weighted by molar-refractivity contribution is 0.0490. The molecule has 6 nitrogen and oxygen atoms in total. The van der Waals surface area contributed by atoms with E-state index in [0.717, 1.165) is 48.6 Å². The second kappa shape index (κ2) is 7.59. The van der Waals surface area contributed by atoms with E-state index in [4.69, 9.17) is 14.7 Å². The van der Waals surface area contributed by atoms with E-state index in [2.05, 4.69) is 23.6 Å². The molecule has 0 saturated heterocycles. The van der Waals surface area contributed by atoms with Crippen LogP contribution in [0.3, 0.4) is 0 Å². The smallest absolute Gasteiger partial charge is 0.407 e. The summed E-state index contributed by atoms with van der Waals surface area (Å²) in [4.78, 5) is 23.9. The van der Waals surface area contributed by atoms with Crippen LogP contribution in [-0.2, 0) is 11.3 Å². The predicted octanol–water partition coefficient (Wildman–Crippen LogP) is 4.60. The molecule has 1 fully saturated rings. The fraction of sp³-hybridized carbons (Fsp3) is 0.591. The van der Waals surface area contributed by atoms with Crippen molar-refractivity contribution < 1.29 is 9.53 Å². The molecule has 7 heteroatoms. The topological polar surface area (TPSA) is 75.6 Å². The van der Waals surface area contributed by atoms with E-state index in [1.165, 1.54) is 21.4 Å². The Bertz CT molecular complexity index is 965. The SMILES string of the molecule is Cc1cc(C)c2c3c(sc2n1)C(NC1CCC(NC(=O)OC(C)(C)C)CC1)=NC3. The van der Waals surface area contributed by atoms with Crippen molar-refractivity contribution in [3.8, 4) is 0 Å². The number of thiophene rings is 1. The number of aromatic nitrogens is 1. The zero-order valence-corrected chi connectivity index (χ0v) is 18.7. The number of ether oxygens (including phenoxy) is 1. The van der Waals surface area contributed by atoms with Gasteiger partial charge in [0.15, 0.2) is 0 Å². The summed E-state index contributed by atoms with van der Waals surface area (Å²) in [6.45, 7) is 10.6. The molecule has 29 heavy (non-hydrogen) atoms. The van der Waals surface area contributed by atoms with Crippen molar-refractivity contribution in [2.24, 2.45) is 4.99 Å². The highest BCUT2D eigenvalue weighted by Crippen LogP contribution is 2.36. The van der Waals surface area contributed by atoms with Crippen LogP contribution in [-0.4, -0.2) is 34.6 Å². The van der Waals surface area contributed by atoms with Gasteiger partial charge in [-0.2, -0.15) is 0 Å². The van der Waals surface area contributed by atoms with Gasteiger partial charge in [-0.1, -0.05) is 0 Å². The molecule has 0 bridgehead atoms. The van der Waals surface area contributed by atoms with Gasteiger partial charge in [0, 0.05) is 28.7 Å². The van der Waals surface area contributed by atoms with Crippen LogP contribution in [0.4, 0.5) is 4.79 Å². The quantitative estimate of drug-likeness (QED) is 0.753. The zero-order chi connectivity index (χ0) is 20.8. The van der Waals surface area contributed by atoms with Gasteiger partial charge in [0.2, 0.25) is 0 Å². The predicted molar refractivity (Wildman–Crippen MR) is 118 cm³/mol. The maximum atomic E-state index is 12.0. The molecule has 2 aromatic heterocycles. The van der Waals surface area contributed by atoms with Crippen molar-refractivity contribution in [1.29, 1.82) is 0 Å². The molecule has 0 unspecified atom stereocenters. The monoisotopic (exact) mass is 414 g/mol. The van der Waals surface area contributed by atoms with Crippen molar-refractivity contribution in [1.82, 2.24) is 15.6 Å². The van der Waals surface area contributed by atoms with Gasteiger partial charge in [-0.25, -0.2) is 9.78 Å². The van der Waals surface area contributed by atoms with Crippen molar-refractivity contribution in [3.05, 3.63) is 27.8 Å². The first-order valence-electron chi connectivity index (χ1n) is 10.4. The molecule has 156 valence electrons. The molecule has 1 amide bonds. The normalized spacial score (nSPS) is 21.6. The molecule has 0 spiro atoms. The Morgan fingerprint density at radius 3 is 2.55 bits per heavy atom. The highest BCUT2D eigenvalue weighted by molar-refractivity contribution is 7.20. The highest BCUT2D eigenvalue weighted by Gasteiger charge is 2.28. The molecule has 4 rings (SSSR count). The lowest BCUT2D eigenvalue weighted by atomic mass is 9.91. The first kappa shape index (κ1) is 20.1. The first-order chi connectivity index (χ1) is 13.7. The Labute approximate surface area is 176 Å². The minimum atomic E-state index is -0.461. The van der Waals surface area contributed by atoms with Gasteiger partial charge in [0.05, 0.1) is 11.4 Å². The minimum absolute atomic E-state index is 0.183. The number of fused-ring (bicyclic) bond motifs is 3. The van der Waals surface area contributed by atoms with E-state index in [1.807, 2.05) is 27.7 Å². The number of nitrogens with zero attached hydrogens (tertiary/aromatic N) is 2. The number of aryl methyl sites for hydroxylation is 2. The van der Waals surface area contributed by atoms with Gasteiger partial charge in [-0.3, -0.25) is 4.99 Å². The summed E-state index contributed by atoms with van der Waals surface area (Å²) in [5.74, 6) is 1.02. The number of amidine groups is 1. The van der Waals surface area contributed by atoms with Crippen molar-refractivity contribution in [2.75, 3.05) is 0 Å². The standard InChI is InChI=1S/C22H30N4O2S/c1-12-10-13(2)24-20-17(12)16-11-23-19(18(16)29-20)25-14-6-8-15(9-7-14)26-21(27)28-22(3,4)5/h10,14-15H,6-9,11H2,1-5H3,(H,23,25)(H,26,27). The van der Waals surface area contributed by atoms with Crippen molar-refractivity contribution in [3.63, 3.8) is 0 Å². The molecule has 1 aliphatic carbocycles. The fourth-order valence-corrected chi connectivity index (χ4v) is 5.53. The summed E-state index contributed by atoms with van der Waals surface area (Å²) < 4.78 is 5.37. The Balaban J connectivity index is 1.36. The number of hydrogen-bond donors (Lipinski definition) is 2. The Morgan fingerprint density at radius 1 is 1.17 bits per heavy atom. The molecule has 2 N–H and O–H groups in total. The first-order valence-corrected chi connectivity index (χ1v) is 11.2. The number of alkyl carbamates (subject to hydrolysis) is 1. The van der Waals surface area contributed by atoms with Gasteiger partial charge < -0.3 is 15.4 Å². The number of carbonyl (C=O) groups excluding carboxylic acids is 1. The average molecular weight is 415 g/mol. The molecule has 2 aromatic rings. The lowest BCUT2D eigenvalue weighted by Crippen LogP contribution is -2.45. The summed E-state index contributed by atoms with van der Waals surface area (Å²) in [7, 11) is 0. The maximum Gasteiger partial charge on any atom is 0.407 e. The van der Waals surface area contributed by atoms with Crippen LogP contribution < -0.4 is 10.6 Å². The van der Waals surface area contributed by atoms with Gasteiger partial charge in [-0.15, -0.1) is 11.3 Å². The van der Waals surface area contributed by atoms with E-state index < -0.39 is 5.60 Å². The average Bonchev–Trinajstić information content (AvgIpc) is 3.14. The molecule has 0 atom stereocenters. The van der Waals surface area contributed by atoms with Crippen molar-refractivity contribution >= 4 is 33.5 Å². The van der Waals surface area contributed by atoms with Gasteiger partial charge in [0.1, 0.15) is 16.3 Å². The van der Waals surface area contributed by atoms with Crippen LogP contribution >= 0.6 is 11.3 Å². The second-order valence-electron chi connectivity index (χ2n) is 9.17. The van der Waals surface area contributed by atoms with Crippen LogP contribution in [0.15, 0.2) is 11.1 Å². The summed E-state index contributed by atoms with van der Waals surface area (Å²) in [5.41, 5.74) is 3.21. The van der Waals surface area contributed by atoms with Gasteiger partial charge in [0.25, 0.3) is 0 Å². The van der Waals surface area contributed by atoms with E-state index in [0.29, 0.717) is 6.04 Å². The number of nitrogens with one attached hydrogen (secondary N) is 2. The number of amides is 1. The second-order valence-corrected chi connectivity index (χ2v) is 10.2. The third kappa shape index (κ3) is 4.39. The van der Waals surface area contributed by atoms with Crippen LogP contribution in [0, 0.1) is 13.8 Å². The third-order valence-electron chi connectivity index (χ3n) is 5.49. The molecular weight excluding hydrogens is 384 g/mol. The van der Waals surface area contributed by atoms with Crippen LogP contribution in [0.2, 0.25) is 0 Å². The van der Waals surface area contributed by atoms with Gasteiger partial charge in [-0.05, 0) is 71.9 Å². The van der Waals surface area contributed by atoms with Crippen LogP contribution in [0.25, 0.3) is 10.2 Å². The van der Waals surface area contributed by atoms with Gasteiger partial charge >= 0.3 is 6.09 Å². The molecule has 2 aliphatic rings. The number of carbonyl (C=O) groups is 1. The molecule has 0 aromatic carbocycles. The summed E-state index contributed by atoms with van der Waals surface area (Å²) in [6, 6.07) is 2.72. The minimum Gasteiger partial charge on any atom is -0.444 e. The molecular formula is C22H30N4O2S. The molecule has 1 aliphatic heterocycles. The van der Waals surface area contributed by atoms with E-state index in [9.17, 15) is 4.79 Å². The molecule has 0 radical (unpaired) electrons. The number of rotatable bonds is 2. The van der Waals surface area contributed by atoms with Crippen molar-refractivity contribution in [2.45, 2.75) is 84.5 Å². The number of hydrogen-bond acceptors (Lipinski definition) is 6. The van der Waals surface area contributed by atoms with Crippen LogP contribution in [0.5, 0.6) is 0 Å². The molecule has 1 saturated carbocycles. The summed E-state index contributed by atoms with van der Waals surface area (Å²) in [6.07, 6.45) is 3.60. The Morgan fingerprint density at radius 2 is 1.86 bits per heavy atom. The maximum absolute atomic E-state index is 12.0. The molecule has 3 heterocycles. The fourth-order valence-electron chi connectivity index (χ4n) is 4.25. The Hall–Kier alpha value is -2.15. The highest BCUT2D eigenvalue weighted by atomic mass is 32.1. The van der Waals surface area contributed by atoms with E-state index in [1.54, 1.807) is 11.3 Å². The Kier molecular flexibility index (Phi) is 5.27. The third-order valence-corrected chi connectivity index (χ3v) is 6.62. The summed E-state index contributed by atoms with van der Waals surface area (Å²) >= 11 is 1.75. The van der Waals surface area contributed by atoms with E-state index in [-0.39, 0.29) is 12.1 Å². The zero-order valence-electron chi connectivity index (χ0n) is 17.9. The summed E-state index contributed by atoms with van der Waals surface area (Å²) in [5, 5.41) is 7.96. The number of pyridine rings is 1. The van der Waals surface area contributed by atoms with E-state index >= 15 is 0 Å². The lowest BCUT2D eigenvalue weighted by Gasteiger charge is -2.31. The largest absolute Gasteiger partial charge is 0.444 e. The van der Waals surface area contributed by atoms with Crippen LogP contribution in [0.1, 0.15) is 68.2 Å².